The van der Waals surface area contributed by atoms with E-state index in [0.29, 0.717) is 5.56 Å². The highest BCUT2D eigenvalue weighted by Crippen LogP contribution is 2.27. The van der Waals surface area contributed by atoms with Gasteiger partial charge in [-0.1, -0.05) is 6.07 Å². The molecule has 0 saturated heterocycles. The maximum Gasteiger partial charge on any atom is 0.275 e. The fourth-order valence-corrected chi connectivity index (χ4v) is 1.91. The number of hydrogen-bond donors (Lipinski definition) is 1. The first-order valence-corrected chi connectivity index (χ1v) is 6.79. The second kappa shape index (κ2) is 9.06. The zero-order chi connectivity index (χ0) is 16.5. The fourth-order valence-electron chi connectivity index (χ4n) is 1.91. The molecule has 0 heterocycles. The number of hydrogen-bond acceptors (Lipinski definition) is 5. The van der Waals surface area contributed by atoms with Crippen molar-refractivity contribution in [3.63, 3.8) is 0 Å². The Labute approximate surface area is 127 Å². The van der Waals surface area contributed by atoms with E-state index in [1.807, 2.05) is 0 Å². The number of amides is 1. The Morgan fingerprint density at radius 3 is 2.82 bits per heavy atom. The summed E-state index contributed by atoms with van der Waals surface area (Å²) in [6.45, 7) is 1.82. The lowest BCUT2D eigenvalue weighted by atomic mass is 10.0. The molecule has 0 aliphatic heterocycles. The average Bonchev–Trinajstić information content (AvgIpc) is 2.52. The summed E-state index contributed by atoms with van der Waals surface area (Å²) in [7, 11) is 1.47. The summed E-state index contributed by atoms with van der Waals surface area (Å²) in [6, 6.07) is 4.61. The molecule has 1 atom stereocenters. The third kappa shape index (κ3) is 5.38. The molecule has 22 heavy (non-hydrogen) atoms. The normalized spacial score (nSPS) is 12.0. The van der Waals surface area contributed by atoms with Crippen LogP contribution in [-0.2, 0) is 21.0 Å². The Morgan fingerprint density at radius 1 is 1.50 bits per heavy atom. The smallest absolute Gasteiger partial charge is 0.275 e. The molecule has 1 aromatic carbocycles. The molecule has 122 valence electrons. The third-order valence-electron chi connectivity index (χ3n) is 3.20. The Kier molecular flexibility index (Phi) is 7.41. The van der Waals surface area contributed by atoms with E-state index in [-0.39, 0.29) is 37.6 Å². The van der Waals surface area contributed by atoms with Crippen LogP contribution in [-0.4, -0.2) is 24.5 Å². The van der Waals surface area contributed by atoms with Gasteiger partial charge in [-0.15, -0.1) is 0 Å². The molecule has 1 amide bonds. The third-order valence-corrected chi connectivity index (χ3v) is 3.20. The van der Waals surface area contributed by atoms with Gasteiger partial charge in [-0.25, -0.2) is 0 Å². The van der Waals surface area contributed by atoms with Gasteiger partial charge in [0, 0.05) is 26.1 Å². The molecule has 1 unspecified atom stereocenters. The van der Waals surface area contributed by atoms with Crippen LogP contribution in [0.4, 0.5) is 10.2 Å². The topological polar surface area (TPSA) is 90.7 Å². The first-order chi connectivity index (χ1) is 10.5. The highest BCUT2D eigenvalue weighted by molar-refractivity contribution is 5.75. The molecule has 0 fully saturated rings. The second-order valence-electron chi connectivity index (χ2n) is 4.72. The van der Waals surface area contributed by atoms with Crippen molar-refractivity contribution in [2.75, 3.05) is 13.7 Å². The number of nitro benzene ring substituents is 1. The second-order valence-corrected chi connectivity index (χ2v) is 4.72. The van der Waals surface area contributed by atoms with Gasteiger partial charge in [-0.3, -0.25) is 14.9 Å². The highest BCUT2D eigenvalue weighted by Gasteiger charge is 2.19. The van der Waals surface area contributed by atoms with Gasteiger partial charge in [-0.05, 0) is 29.5 Å². The number of methoxy groups -OCH3 is 1. The van der Waals surface area contributed by atoms with Crippen LogP contribution in [0.1, 0.15) is 37.0 Å². The first kappa shape index (κ1) is 18.0. The van der Waals surface area contributed by atoms with Crippen LogP contribution < -0.4 is 5.32 Å². The Bertz CT molecular complexity index is 524. The van der Waals surface area contributed by atoms with Crippen molar-refractivity contribution < 1.29 is 23.9 Å². The molecule has 7 nitrogen and oxygen atoms in total. The molecule has 0 aromatic heterocycles. The van der Waals surface area contributed by atoms with E-state index in [4.69, 9.17) is 4.74 Å². The number of halogens is 1. The van der Waals surface area contributed by atoms with Crippen LogP contribution in [0.5, 0.6) is 0 Å². The molecule has 1 aromatic rings. The van der Waals surface area contributed by atoms with E-state index in [1.54, 1.807) is 19.1 Å². The minimum atomic E-state index is -0.468. The lowest BCUT2D eigenvalue weighted by molar-refractivity contribution is -0.386. The standard InChI is InChI=1S/C14H19FN2O5/c1-10(21-2)12-8-11(5-6-13(12)17(19)20)9-16-14(18)4-3-7-22-15/h5-6,8,10H,3-4,7,9H2,1-2H3,(H,16,18). The molecular formula is C14H19FN2O5. The lowest BCUT2D eigenvalue weighted by Crippen LogP contribution is -2.22. The summed E-state index contributed by atoms with van der Waals surface area (Å²) >= 11 is 0. The summed E-state index contributed by atoms with van der Waals surface area (Å²) < 4.78 is 16.6. The van der Waals surface area contributed by atoms with Gasteiger partial charge in [0.2, 0.25) is 5.91 Å². The number of carbonyl (C=O) groups is 1. The minimum Gasteiger partial charge on any atom is -0.377 e. The SMILES string of the molecule is COC(C)c1cc(CNC(=O)CCCOF)ccc1[N+](=O)[O-]. The van der Waals surface area contributed by atoms with E-state index >= 15 is 0 Å². The maximum atomic E-state index is 11.5. The van der Waals surface area contributed by atoms with Gasteiger partial charge in [0.05, 0.1) is 23.2 Å². The number of nitrogens with zero attached hydrogens (tertiary/aromatic N) is 1. The molecule has 0 spiro atoms. The molecule has 1 rings (SSSR count). The zero-order valence-electron chi connectivity index (χ0n) is 12.5. The van der Waals surface area contributed by atoms with Gasteiger partial charge in [0.25, 0.3) is 5.69 Å². The number of carbonyl (C=O) groups excluding carboxylic acids is 1. The van der Waals surface area contributed by atoms with Gasteiger partial charge in [-0.2, -0.15) is 4.94 Å². The molecule has 0 bridgehead atoms. The van der Waals surface area contributed by atoms with Gasteiger partial charge in [0.1, 0.15) is 0 Å². The van der Waals surface area contributed by atoms with Crippen molar-refractivity contribution in [3.05, 3.63) is 39.4 Å². The van der Waals surface area contributed by atoms with Crippen molar-refractivity contribution >= 4 is 11.6 Å². The molecule has 0 aliphatic rings. The van der Waals surface area contributed by atoms with Crippen molar-refractivity contribution in [3.8, 4) is 0 Å². The number of nitrogens with one attached hydrogen (secondary N) is 1. The van der Waals surface area contributed by atoms with Crippen LogP contribution in [0.2, 0.25) is 0 Å². The molecule has 8 heteroatoms. The molecule has 0 saturated carbocycles. The van der Waals surface area contributed by atoms with E-state index in [1.165, 1.54) is 13.2 Å². The van der Waals surface area contributed by atoms with Crippen molar-refractivity contribution in [2.45, 2.75) is 32.4 Å². The van der Waals surface area contributed by atoms with Crippen LogP contribution in [0.15, 0.2) is 18.2 Å². The summed E-state index contributed by atoms with van der Waals surface area (Å²) in [6.07, 6.45) is 0.00465. The van der Waals surface area contributed by atoms with Crippen LogP contribution >= 0.6 is 0 Å². The predicted octanol–water partition coefficient (Wildman–Crippen LogP) is 2.60. The van der Waals surface area contributed by atoms with Crippen molar-refractivity contribution in [2.24, 2.45) is 0 Å². The zero-order valence-corrected chi connectivity index (χ0v) is 12.5. The van der Waals surface area contributed by atoms with E-state index in [0.717, 1.165) is 5.56 Å². The summed E-state index contributed by atoms with van der Waals surface area (Å²) in [4.78, 5) is 25.4. The molecule has 1 N–H and O–H groups in total. The monoisotopic (exact) mass is 314 g/mol. The molecule has 0 radical (unpaired) electrons. The van der Waals surface area contributed by atoms with E-state index < -0.39 is 11.0 Å². The Hall–Kier alpha value is -2.06. The van der Waals surface area contributed by atoms with Gasteiger partial charge >= 0.3 is 0 Å². The van der Waals surface area contributed by atoms with Crippen molar-refractivity contribution in [1.29, 1.82) is 0 Å². The van der Waals surface area contributed by atoms with Crippen LogP contribution in [0, 0.1) is 10.1 Å². The summed E-state index contributed by atoms with van der Waals surface area (Å²) in [5, 5.41) is 13.7. The minimum absolute atomic E-state index is 0.0236. The highest BCUT2D eigenvalue weighted by atomic mass is 19.3. The Balaban J connectivity index is 2.72. The maximum absolute atomic E-state index is 11.5. The Morgan fingerprint density at radius 2 is 2.23 bits per heavy atom. The number of ether oxygens (including phenoxy) is 1. The predicted molar refractivity (Wildman–Crippen MR) is 76.7 cm³/mol. The average molecular weight is 314 g/mol. The lowest BCUT2D eigenvalue weighted by Gasteiger charge is -2.12. The fraction of sp³-hybridized carbons (Fsp3) is 0.500. The van der Waals surface area contributed by atoms with E-state index in [9.17, 15) is 19.4 Å². The number of nitro groups is 1. The quantitative estimate of drug-likeness (QED) is 0.430. The number of rotatable bonds is 9. The van der Waals surface area contributed by atoms with E-state index in [2.05, 4.69) is 10.3 Å². The summed E-state index contributed by atoms with van der Waals surface area (Å²) in [5.74, 6) is -0.239. The first-order valence-electron chi connectivity index (χ1n) is 6.79. The number of benzene rings is 1. The van der Waals surface area contributed by atoms with Gasteiger partial charge in [0.15, 0.2) is 0 Å². The van der Waals surface area contributed by atoms with Gasteiger partial charge < -0.3 is 10.1 Å². The van der Waals surface area contributed by atoms with Crippen LogP contribution in [0.25, 0.3) is 0 Å². The van der Waals surface area contributed by atoms with Crippen LogP contribution in [0.3, 0.4) is 0 Å². The summed E-state index contributed by atoms with van der Waals surface area (Å²) in [5.41, 5.74) is 1.15. The molecular weight excluding hydrogens is 295 g/mol. The molecule has 0 aliphatic carbocycles. The van der Waals surface area contributed by atoms with Crippen molar-refractivity contribution in [1.82, 2.24) is 5.32 Å². The largest absolute Gasteiger partial charge is 0.377 e.